The fraction of sp³-hybridized carbons (Fsp3) is 0.750. The van der Waals surface area contributed by atoms with Crippen molar-refractivity contribution < 1.29 is 0 Å². The number of rotatable bonds is 1. The average Bonchev–Trinajstić information content (AvgIpc) is 1.36. The molecule has 0 aliphatic rings. The molecule has 0 amide bonds. The van der Waals surface area contributed by atoms with Crippen molar-refractivity contribution in [2.75, 3.05) is 0 Å². The summed E-state index contributed by atoms with van der Waals surface area (Å²) in [6.07, 6.45) is 0. The van der Waals surface area contributed by atoms with E-state index in [1.807, 2.05) is 0 Å². The maximum Gasteiger partial charge on any atom is 0.0235 e. The quantitative estimate of drug-likeness (QED) is 0.502. The zero-order valence-electron chi connectivity index (χ0n) is 3.62. The van der Waals surface area contributed by atoms with Crippen LogP contribution in [-0.4, -0.2) is 8.75 Å². The summed E-state index contributed by atoms with van der Waals surface area (Å²) in [6, 6.07) is 0. The number of hydrogen-bond acceptors (Lipinski definition) is 0. The Morgan fingerprint density at radius 1 is 1.83 bits per heavy atom. The van der Waals surface area contributed by atoms with Gasteiger partial charge in [0.05, 0.1) is 0 Å². The van der Waals surface area contributed by atoms with Crippen LogP contribution in [0.3, 0.4) is 0 Å². The summed E-state index contributed by atoms with van der Waals surface area (Å²) in [4.78, 5) is 0.540. The molecule has 0 saturated heterocycles. The second-order valence-corrected chi connectivity index (χ2v) is 4.24. The van der Waals surface area contributed by atoms with Crippen molar-refractivity contribution in [3.63, 3.8) is 0 Å². The molecular formula is C4H7BrI. The summed E-state index contributed by atoms with van der Waals surface area (Å²) in [6.45, 7) is 5.87. The van der Waals surface area contributed by atoms with Gasteiger partial charge in [-0.1, -0.05) is 45.4 Å². The van der Waals surface area contributed by atoms with Crippen LogP contribution in [0.2, 0.25) is 0 Å². The molecule has 0 nitrogen and oxygen atoms in total. The van der Waals surface area contributed by atoms with Gasteiger partial charge in [-0.05, 0) is 6.92 Å². The first-order chi connectivity index (χ1) is 2.64. The van der Waals surface area contributed by atoms with Crippen LogP contribution in [0.15, 0.2) is 0 Å². The molecule has 0 aromatic carbocycles. The minimum Gasteiger partial charge on any atom is -0.0882 e. The standard InChI is InChI=1S/C4H7BrI/c1-3(5)4(2)6/h3-4H,2H2,1H3. The van der Waals surface area contributed by atoms with Crippen LogP contribution in [0.4, 0.5) is 0 Å². The van der Waals surface area contributed by atoms with Crippen molar-refractivity contribution in [3.05, 3.63) is 6.92 Å². The van der Waals surface area contributed by atoms with Gasteiger partial charge in [0.1, 0.15) is 0 Å². The summed E-state index contributed by atoms with van der Waals surface area (Å²) in [5.74, 6) is 0. The number of hydrogen-bond donors (Lipinski definition) is 0. The van der Waals surface area contributed by atoms with Crippen molar-refractivity contribution in [2.24, 2.45) is 0 Å². The van der Waals surface area contributed by atoms with E-state index in [4.69, 9.17) is 0 Å². The zero-order valence-corrected chi connectivity index (χ0v) is 7.36. The maximum absolute atomic E-state index is 3.78. The van der Waals surface area contributed by atoms with Gasteiger partial charge in [0, 0.05) is 8.75 Å². The van der Waals surface area contributed by atoms with E-state index in [1.54, 1.807) is 0 Å². The van der Waals surface area contributed by atoms with Crippen molar-refractivity contribution in [3.8, 4) is 0 Å². The monoisotopic (exact) mass is 261 g/mol. The van der Waals surface area contributed by atoms with Gasteiger partial charge in [0.15, 0.2) is 0 Å². The van der Waals surface area contributed by atoms with E-state index in [0.29, 0.717) is 8.75 Å². The van der Waals surface area contributed by atoms with Crippen LogP contribution in [-0.2, 0) is 0 Å². The van der Waals surface area contributed by atoms with E-state index < -0.39 is 0 Å². The summed E-state index contributed by atoms with van der Waals surface area (Å²) in [5.41, 5.74) is 0. The van der Waals surface area contributed by atoms with Crippen LogP contribution in [0, 0.1) is 6.92 Å². The van der Waals surface area contributed by atoms with E-state index in [2.05, 4.69) is 52.4 Å². The van der Waals surface area contributed by atoms with Crippen LogP contribution in [0.25, 0.3) is 0 Å². The predicted molar refractivity (Wildman–Crippen MR) is 41.6 cm³/mol. The van der Waals surface area contributed by atoms with Crippen LogP contribution < -0.4 is 0 Å². The van der Waals surface area contributed by atoms with Crippen LogP contribution in [0.1, 0.15) is 6.92 Å². The van der Waals surface area contributed by atoms with Gasteiger partial charge in [0.25, 0.3) is 0 Å². The lowest BCUT2D eigenvalue weighted by Gasteiger charge is -2.01. The van der Waals surface area contributed by atoms with Crippen LogP contribution in [0.5, 0.6) is 0 Å². The minimum absolute atomic E-state index is 0.489. The van der Waals surface area contributed by atoms with Gasteiger partial charge >= 0.3 is 0 Å². The summed E-state index contributed by atoms with van der Waals surface area (Å²) in [7, 11) is 0. The molecule has 2 unspecified atom stereocenters. The lowest BCUT2D eigenvalue weighted by Crippen LogP contribution is -2.02. The largest absolute Gasteiger partial charge is 0.0882 e. The van der Waals surface area contributed by atoms with Crippen molar-refractivity contribution in [1.82, 2.24) is 0 Å². The van der Waals surface area contributed by atoms with Gasteiger partial charge in [-0.25, -0.2) is 0 Å². The molecule has 0 fully saturated rings. The number of halogens is 2. The molecule has 6 heavy (non-hydrogen) atoms. The highest BCUT2D eigenvalue weighted by molar-refractivity contribution is 14.1. The summed E-state index contributed by atoms with van der Waals surface area (Å²) < 4.78 is 0.489. The third kappa shape index (κ3) is 3.40. The Balaban J connectivity index is 2.99. The third-order valence-electron chi connectivity index (χ3n) is 0.498. The third-order valence-corrected chi connectivity index (χ3v) is 3.20. The van der Waals surface area contributed by atoms with Crippen molar-refractivity contribution in [2.45, 2.75) is 15.7 Å². The minimum atomic E-state index is 0.489. The number of alkyl halides is 2. The molecular weight excluding hydrogens is 255 g/mol. The topological polar surface area (TPSA) is 0 Å². The fourth-order valence-electron chi connectivity index (χ4n) is 0. The Bertz CT molecular complexity index is 28.5. The Labute approximate surface area is 61.0 Å². The molecule has 0 N–H and O–H groups in total. The first-order valence-corrected chi connectivity index (χ1v) is 3.92. The predicted octanol–water partition coefficient (Wildman–Crippen LogP) is 2.41. The molecule has 1 radical (unpaired) electrons. The molecule has 37 valence electrons. The van der Waals surface area contributed by atoms with E-state index >= 15 is 0 Å². The van der Waals surface area contributed by atoms with E-state index in [1.165, 1.54) is 0 Å². The average molecular weight is 262 g/mol. The highest BCUT2D eigenvalue weighted by atomic mass is 127. The second-order valence-electron chi connectivity index (χ2n) is 1.19. The first-order valence-electron chi connectivity index (χ1n) is 1.76. The van der Waals surface area contributed by atoms with E-state index in [0.717, 1.165) is 0 Å². The van der Waals surface area contributed by atoms with Gasteiger partial charge in [-0.2, -0.15) is 0 Å². The van der Waals surface area contributed by atoms with Gasteiger partial charge < -0.3 is 0 Å². The SMILES string of the molecule is [CH2]C(I)C(C)Br. The van der Waals surface area contributed by atoms with Gasteiger partial charge in [-0.15, -0.1) is 0 Å². The maximum atomic E-state index is 3.78. The molecule has 0 spiro atoms. The van der Waals surface area contributed by atoms with Gasteiger partial charge in [0.2, 0.25) is 0 Å². The van der Waals surface area contributed by atoms with E-state index in [9.17, 15) is 0 Å². The molecule has 0 heterocycles. The molecule has 2 atom stereocenters. The smallest absolute Gasteiger partial charge is 0.0235 e. The Hall–Kier alpha value is 1.21. The lowest BCUT2D eigenvalue weighted by molar-refractivity contribution is 1.05. The molecule has 0 aliphatic heterocycles. The van der Waals surface area contributed by atoms with Gasteiger partial charge in [-0.3, -0.25) is 0 Å². The zero-order chi connectivity index (χ0) is 5.15. The molecule has 0 rings (SSSR count). The lowest BCUT2D eigenvalue weighted by atomic mass is 10.4. The van der Waals surface area contributed by atoms with Crippen LogP contribution >= 0.6 is 38.5 Å². The summed E-state index contributed by atoms with van der Waals surface area (Å²) >= 11 is 5.64. The Morgan fingerprint density at radius 2 is 2.00 bits per heavy atom. The fourth-order valence-corrected chi connectivity index (χ4v) is 0. The molecule has 0 bridgehead atoms. The molecule has 0 aromatic rings. The Morgan fingerprint density at radius 3 is 2.00 bits per heavy atom. The second kappa shape index (κ2) is 3.24. The molecule has 0 aliphatic carbocycles. The molecule has 0 saturated carbocycles. The normalized spacial score (nSPS) is 20.0. The molecule has 0 aromatic heterocycles. The van der Waals surface area contributed by atoms with Crippen molar-refractivity contribution in [1.29, 1.82) is 0 Å². The summed E-state index contributed by atoms with van der Waals surface area (Å²) in [5, 5.41) is 0. The van der Waals surface area contributed by atoms with Crippen molar-refractivity contribution >= 4 is 38.5 Å². The first kappa shape index (κ1) is 7.21. The Kier molecular flexibility index (Phi) is 3.90. The highest BCUT2D eigenvalue weighted by Crippen LogP contribution is 2.11. The van der Waals surface area contributed by atoms with E-state index in [-0.39, 0.29) is 0 Å². The molecule has 2 heteroatoms. The highest BCUT2D eigenvalue weighted by Gasteiger charge is 2.00.